The highest BCUT2D eigenvalue weighted by Crippen LogP contribution is 2.27. The lowest BCUT2D eigenvalue weighted by Gasteiger charge is -2.24. The van der Waals surface area contributed by atoms with E-state index in [-0.39, 0.29) is 6.17 Å². The van der Waals surface area contributed by atoms with Crippen LogP contribution < -0.4 is 16.0 Å². The quantitative estimate of drug-likeness (QED) is 0.424. The second-order valence-corrected chi connectivity index (χ2v) is 7.77. The van der Waals surface area contributed by atoms with Crippen molar-refractivity contribution in [3.63, 3.8) is 0 Å². The molecule has 0 fully saturated rings. The molecule has 4 heterocycles. The van der Waals surface area contributed by atoms with Gasteiger partial charge in [0.2, 0.25) is 0 Å². The van der Waals surface area contributed by atoms with Gasteiger partial charge in [-0.3, -0.25) is 15.4 Å². The van der Waals surface area contributed by atoms with Crippen LogP contribution in [0.5, 0.6) is 0 Å². The first-order valence-corrected chi connectivity index (χ1v) is 10.5. The normalized spacial score (nSPS) is 15.1. The van der Waals surface area contributed by atoms with Gasteiger partial charge in [0.05, 0.1) is 23.3 Å². The molecular weight excluding hydrogens is 400 g/mol. The van der Waals surface area contributed by atoms with Gasteiger partial charge in [-0.1, -0.05) is 13.8 Å². The van der Waals surface area contributed by atoms with E-state index in [1.54, 1.807) is 24.8 Å². The number of hydrogen-bond donors (Lipinski definition) is 4. The number of aromatic nitrogens is 4. The molecule has 0 spiro atoms. The van der Waals surface area contributed by atoms with Crippen LogP contribution in [0.25, 0.3) is 11.6 Å². The molecule has 1 aliphatic heterocycles. The lowest BCUT2D eigenvalue weighted by atomic mass is 9.97. The van der Waals surface area contributed by atoms with Gasteiger partial charge >= 0.3 is 0 Å². The highest BCUT2D eigenvalue weighted by molar-refractivity contribution is 6.30. The lowest BCUT2D eigenvalue weighted by Crippen LogP contribution is -2.29. The SMILES string of the molecule is CN/C=C(\C(=N)c1ccncc1)c1cnc2c(c1)NC(Nc1cc(C(C)C)cnn1)C=C2. The monoisotopic (exact) mass is 426 g/mol. The Kier molecular flexibility index (Phi) is 6.21. The summed E-state index contributed by atoms with van der Waals surface area (Å²) < 4.78 is 0. The summed E-state index contributed by atoms with van der Waals surface area (Å²) in [5, 5.41) is 26.8. The topological polar surface area (TPSA) is 112 Å². The van der Waals surface area contributed by atoms with Crippen molar-refractivity contribution in [1.82, 2.24) is 25.5 Å². The minimum Gasteiger partial charge on any atom is -0.393 e. The minimum absolute atomic E-state index is 0.160. The zero-order valence-corrected chi connectivity index (χ0v) is 18.3. The molecule has 1 atom stereocenters. The third kappa shape index (κ3) is 4.64. The second kappa shape index (κ2) is 9.38. The molecule has 4 N–H and O–H groups in total. The zero-order valence-electron chi connectivity index (χ0n) is 18.3. The Labute approximate surface area is 187 Å². The summed E-state index contributed by atoms with van der Waals surface area (Å²) in [6, 6.07) is 7.67. The van der Waals surface area contributed by atoms with Crippen LogP contribution in [0.4, 0.5) is 11.5 Å². The Balaban J connectivity index is 1.57. The molecule has 3 aromatic heterocycles. The Morgan fingerprint density at radius 3 is 2.72 bits per heavy atom. The fourth-order valence-corrected chi connectivity index (χ4v) is 3.40. The van der Waals surface area contributed by atoms with Crippen LogP contribution in [0, 0.1) is 5.41 Å². The van der Waals surface area contributed by atoms with Gasteiger partial charge in [-0.2, -0.15) is 5.10 Å². The van der Waals surface area contributed by atoms with E-state index in [1.807, 2.05) is 49.7 Å². The molecule has 0 bridgehead atoms. The number of nitrogens with one attached hydrogen (secondary N) is 4. The van der Waals surface area contributed by atoms with Crippen LogP contribution >= 0.6 is 0 Å². The van der Waals surface area contributed by atoms with Crippen molar-refractivity contribution in [2.45, 2.75) is 25.9 Å². The highest BCUT2D eigenvalue weighted by Gasteiger charge is 2.18. The van der Waals surface area contributed by atoms with Crippen LogP contribution in [-0.2, 0) is 0 Å². The van der Waals surface area contributed by atoms with Crippen molar-refractivity contribution in [2.24, 2.45) is 0 Å². The second-order valence-electron chi connectivity index (χ2n) is 7.77. The fraction of sp³-hybridized carbons (Fsp3) is 0.208. The van der Waals surface area contributed by atoms with Gasteiger partial charge in [-0.25, -0.2) is 0 Å². The molecule has 0 aliphatic carbocycles. The Hall–Kier alpha value is -4.07. The molecule has 0 aromatic carbocycles. The lowest BCUT2D eigenvalue weighted by molar-refractivity contribution is 0.837. The molecule has 8 nitrogen and oxygen atoms in total. The van der Waals surface area contributed by atoms with E-state index in [0.717, 1.165) is 33.6 Å². The van der Waals surface area contributed by atoms with Gasteiger partial charge in [0.15, 0.2) is 5.82 Å². The first-order valence-electron chi connectivity index (χ1n) is 10.5. The third-order valence-corrected chi connectivity index (χ3v) is 5.16. The Bertz CT molecular complexity index is 1170. The number of fused-ring (bicyclic) bond motifs is 1. The maximum atomic E-state index is 8.68. The fourth-order valence-electron chi connectivity index (χ4n) is 3.40. The molecule has 8 heteroatoms. The summed E-state index contributed by atoms with van der Waals surface area (Å²) in [4.78, 5) is 8.64. The molecule has 0 saturated carbocycles. The summed E-state index contributed by atoms with van der Waals surface area (Å²) in [5.74, 6) is 1.09. The van der Waals surface area contributed by atoms with E-state index in [0.29, 0.717) is 17.4 Å². The summed E-state index contributed by atoms with van der Waals surface area (Å²) in [7, 11) is 1.82. The molecule has 4 rings (SSSR count). The first-order chi connectivity index (χ1) is 15.5. The van der Waals surface area contributed by atoms with Crippen LogP contribution in [0.1, 0.15) is 42.1 Å². The average Bonchev–Trinajstić information content (AvgIpc) is 2.82. The van der Waals surface area contributed by atoms with Gasteiger partial charge in [-0.15, -0.1) is 5.10 Å². The van der Waals surface area contributed by atoms with E-state index in [9.17, 15) is 0 Å². The van der Waals surface area contributed by atoms with Crippen molar-refractivity contribution in [3.8, 4) is 0 Å². The number of pyridine rings is 2. The standard InChI is InChI=1S/C24H26N8/c1-15(2)17-11-23(32-29-13-17)31-22-5-4-20-21(30-22)10-18(12-28-20)19(14-26-3)24(25)16-6-8-27-9-7-16/h4-15,22,25-26,30H,1-3H3,(H,31,32)/b19-14-,25-24?. The molecule has 1 aliphatic rings. The van der Waals surface area contributed by atoms with Gasteiger partial charge in [0.25, 0.3) is 0 Å². The molecule has 1 unspecified atom stereocenters. The Morgan fingerprint density at radius 2 is 1.97 bits per heavy atom. The number of allylic oxidation sites excluding steroid dienone is 1. The molecule has 162 valence electrons. The third-order valence-electron chi connectivity index (χ3n) is 5.16. The van der Waals surface area contributed by atoms with Crippen LogP contribution in [-0.4, -0.2) is 39.1 Å². The van der Waals surface area contributed by atoms with Gasteiger partial charge in [-0.05, 0) is 47.9 Å². The van der Waals surface area contributed by atoms with Crippen LogP contribution in [0.2, 0.25) is 0 Å². The van der Waals surface area contributed by atoms with Crippen LogP contribution in [0.3, 0.4) is 0 Å². The molecule has 3 aromatic rings. The first kappa shape index (κ1) is 21.2. The van der Waals surface area contributed by atoms with E-state index >= 15 is 0 Å². The van der Waals surface area contributed by atoms with Gasteiger partial charge in [0.1, 0.15) is 6.17 Å². The van der Waals surface area contributed by atoms with Crippen molar-refractivity contribution in [2.75, 3.05) is 17.7 Å². The summed E-state index contributed by atoms with van der Waals surface area (Å²) in [6.07, 6.45) is 12.6. The van der Waals surface area contributed by atoms with Crippen molar-refractivity contribution < 1.29 is 0 Å². The number of nitrogens with zero attached hydrogens (tertiary/aromatic N) is 4. The molecule has 0 saturated heterocycles. The van der Waals surface area contributed by atoms with E-state index in [2.05, 4.69) is 50.0 Å². The van der Waals surface area contributed by atoms with Crippen molar-refractivity contribution in [1.29, 1.82) is 5.41 Å². The number of hydrogen-bond acceptors (Lipinski definition) is 8. The van der Waals surface area contributed by atoms with E-state index in [1.165, 1.54) is 0 Å². The zero-order chi connectivity index (χ0) is 22.5. The van der Waals surface area contributed by atoms with Gasteiger partial charge < -0.3 is 16.0 Å². The summed E-state index contributed by atoms with van der Waals surface area (Å²) in [6.45, 7) is 4.26. The maximum absolute atomic E-state index is 8.68. The summed E-state index contributed by atoms with van der Waals surface area (Å²) in [5.41, 5.74) is 5.60. The molecule has 0 amide bonds. The molecular formula is C24H26N8. The number of rotatable bonds is 7. The van der Waals surface area contributed by atoms with E-state index in [4.69, 9.17) is 5.41 Å². The minimum atomic E-state index is -0.160. The predicted octanol–water partition coefficient (Wildman–Crippen LogP) is 3.90. The average molecular weight is 427 g/mol. The smallest absolute Gasteiger partial charge is 0.150 e. The maximum Gasteiger partial charge on any atom is 0.150 e. The number of anilines is 2. The Morgan fingerprint density at radius 1 is 1.16 bits per heavy atom. The largest absolute Gasteiger partial charge is 0.393 e. The van der Waals surface area contributed by atoms with Gasteiger partial charge in [0, 0.05) is 48.5 Å². The predicted molar refractivity (Wildman–Crippen MR) is 129 cm³/mol. The van der Waals surface area contributed by atoms with Crippen LogP contribution in [0.15, 0.2) is 61.3 Å². The molecule has 0 radical (unpaired) electrons. The molecule has 32 heavy (non-hydrogen) atoms. The van der Waals surface area contributed by atoms with E-state index < -0.39 is 0 Å². The van der Waals surface area contributed by atoms with Crippen molar-refractivity contribution >= 4 is 28.9 Å². The van der Waals surface area contributed by atoms with Crippen molar-refractivity contribution in [3.05, 3.63) is 83.7 Å². The summed E-state index contributed by atoms with van der Waals surface area (Å²) >= 11 is 0. The highest BCUT2D eigenvalue weighted by atomic mass is 15.2.